The second kappa shape index (κ2) is 15.8. The monoisotopic (exact) mass is 624 g/mol. The molecule has 0 aliphatic rings. The minimum absolute atomic E-state index is 0. The molecule has 38 heavy (non-hydrogen) atoms. The molecule has 3 aromatic rings. The van der Waals surface area contributed by atoms with Crippen molar-refractivity contribution in [1.29, 1.82) is 0 Å². The molecular formula is C30H42BrClN2O3S. The molecule has 3 rings (SSSR count). The van der Waals surface area contributed by atoms with Gasteiger partial charge >= 0.3 is 5.97 Å². The van der Waals surface area contributed by atoms with Crippen molar-refractivity contribution in [1.82, 2.24) is 9.88 Å². The molecule has 5 nitrogen and oxygen atoms in total. The standard InChI is InChI=1S/C30H41BrN2O3S.ClH/c1-6-8-9-10-11-14-21(4)32-18-23-27-25(17-24(31)29(23)34)33(5)26(28(27)30(35)36-7-2)19-37-22-15-12-13-20(3)16-22;/h12-13,15-17,21,32,34H,6-11,14,18-19H2,1-5H3;1H. The van der Waals surface area contributed by atoms with E-state index in [-0.39, 0.29) is 24.1 Å². The highest BCUT2D eigenvalue weighted by Crippen LogP contribution is 2.40. The van der Waals surface area contributed by atoms with Crippen molar-refractivity contribution in [2.75, 3.05) is 6.61 Å². The molecule has 0 saturated carbocycles. The number of nitrogens with zero attached hydrogens (tertiary/aromatic N) is 1. The lowest BCUT2D eigenvalue weighted by Gasteiger charge is -2.16. The maximum atomic E-state index is 13.3. The minimum Gasteiger partial charge on any atom is -0.506 e. The highest BCUT2D eigenvalue weighted by atomic mass is 79.9. The SMILES string of the molecule is CCCCCCCC(C)NCc1c(O)c(Br)cc2c1c(C(=O)OCC)c(CSc1cccc(C)c1)n2C.Cl. The van der Waals surface area contributed by atoms with E-state index in [2.05, 4.69) is 70.9 Å². The van der Waals surface area contributed by atoms with E-state index in [0.717, 1.165) is 33.5 Å². The summed E-state index contributed by atoms with van der Waals surface area (Å²) in [4.78, 5) is 14.5. The van der Waals surface area contributed by atoms with E-state index in [1.165, 1.54) is 37.7 Å². The molecule has 0 saturated heterocycles. The number of hydrogen-bond donors (Lipinski definition) is 2. The number of carbonyl (C=O) groups excluding carboxylic acids is 1. The van der Waals surface area contributed by atoms with E-state index in [1.54, 1.807) is 11.8 Å². The van der Waals surface area contributed by atoms with E-state index in [0.29, 0.717) is 35.0 Å². The topological polar surface area (TPSA) is 63.5 Å². The van der Waals surface area contributed by atoms with E-state index in [1.807, 2.05) is 20.0 Å². The van der Waals surface area contributed by atoms with Gasteiger partial charge in [0, 0.05) is 46.9 Å². The predicted molar refractivity (Wildman–Crippen MR) is 166 cm³/mol. The van der Waals surface area contributed by atoms with Crippen molar-refractivity contribution < 1.29 is 14.6 Å². The van der Waals surface area contributed by atoms with E-state index >= 15 is 0 Å². The van der Waals surface area contributed by atoms with Crippen LogP contribution in [0.1, 0.15) is 86.5 Å². The molecule has 1 aromatic heterocycles. The number of phenols is 1. The summed E-state index contributed by atoms with van der Waals surface area (Å²) in [5, 5.41) is 15.5. The van der Waals surface area contributed by atoms with Crippen LogP contribution >= 0.6 is 40.1 Å². The zero-order valence-electron chi connectivity index (χ0n) is 23.2. The van der Waals surface area contributed by atoms with Gasteiger partial charge in [-0.3, -0.25) is 0 Å². The Morgan fingerprint density at radius 3 is 2.61 bits per heavy atom. The largest absolute Gasteiger partial charge is 0.506 e. The van der Waals surface area contributed by atoms with Crippen LogP contribution in [0.4, 0.5) is 0 Å². The van der Waals surface area contributed by atoms with Crippen LogP contribution in [0.2, 0.25) is 0 Å². The summed E-state index contributed by atoms with van der Waals surface area (Å²) in [6.45, 7) is 9.09. The van der Waals surface area contributed by atoms with E-state index in [4.69, 9.17) is 4.74 Å². The molecule has 8 heteroatoms. The van der Waals surface area contributed by atoms with Crippen LogP contribution in [0.3, 0.4) is 0 Å². The Morgan fingerprint density at radius 1 is 1.18 bits per heavy atom. The van der Waals surface area contributed by atoms with Gasteiger partial charge in [0.15, 0.2) is 0 Å². The van der Waals surface area contributed by atoms with Crippen LogP contribution in [0, 0.1) is 6.92 Å². The zero-order chi connectivity index (χ0) is 26.9. The van der Waals surface area contributed by atoms with Gasteiger partial charge < -0.3 is 19.7 Å². The number of hydrogen-bond acceptors (Lipinski definition) is 5. The van der Waals surface area contributed by atoms with Gasteiger partial charge in [0.2, 0.25) is 0 Å². The molecule has 0 aliphatic carbocycles. The quantitative estimate of drug-likeness (QED) is 0.107. The molecule has 0 bridgehead atoms. The Bertz CT molecular complexity index is 1210. The van der Waals surface area contributed by atoms with Crippen LogP contribution in [0.25, 0.3) is 10.9 Å². The summed E-state index contributed by atoms with van der Waals surface area (Å²) < 4.78 is 8.21. The van der Waals surface area contributed by atoms with Crippen LogP contribution in [0.15, 0.2) is 39.7 Å². The highest BCUT2D eigenvalue weighted by Gasteiger charge is 2.27. The van der Waals surface area contributed by atoms with Crippen molar-refractivity contribution in [2.45, 2.75) is 89.5 Å². The summed E-state index contributed by atoms with van der Waals surface area (Å²) in [6, 6.07) is 10.6. The molecule has 0 spiro atoms. The first kappa shape index (κ1) is 32.5. The molecule has 1 heterocycles. The van der Waals surface area contributed by atoms with Crippen molar-refractivity contribution in [2.24, 2.45) is 7.05 Å². The van der Waals surface area contributed by atoms with Gasteiger partial charge in [-0.15, -0.1) is 24.2 Å². The smallest absolute Gasteiger partial charge is 0.340 e. The Kier molecular flexibility index (Phi) is 13.5. The van der Waals surface area contributed by atoms with Crippen LogP contribution in [-0.2, 0) is 24.1 Å². The fraction of sp³-hybridized carbons (Fsp3) is 0.500. The summed E-state index contributed by atoms with van der Waals surface area (Å²) in [7, 11) is 1.98. The molecule has 0 amide bonds. The molecule has 0 aliphatic heterocycles. The number of thioether (sulfide) groups is 1. The number of aromatic nitrogens is 1. The number of phenolic OH excluding ortho intramolecular Hbond substituents is 1. The van der Waals surface area contributed by atoms with Crippen LogP contribution in [-0.4, -0.2) is 28.3 Å². The minimum atomic E-state index is -0.347. The van der Waals surface area contributed by atoms with Gasteiger partial charge in [0.1, 0.15) is 5.75 Å². The van der Waals surface area contributed by atoms with Gasteiger partial charge in [-0.1, -0.05) is 56.7 Å². The van der Waals surface area contributed by atoms with E-state index < -0.39 is 0 Å². The average Bonchev–Trinajstić information content (AvgIpc) is 3.14. The van der Waals surface area contributed by atoms with Crippen molar-refractivity contribution in [3.63, 3.8) is 0 Å². The third kappa shape index (κ3) is 8.17. The lowest BCUT2D eigenvalue weighted by atomic mass is 10.0. The molecule has 210 valence electrons. The zero-order valence-corrected chi connectivity index (χ0v) is 26.5. The van der Waals surface area contributed by atoms with Gasteiger partial charge in [-0.2, -0.15) is 0 Å². The predicted octanol–water partition coefficient (Wildman–Crippen LogP) is 8.68. The van der Waals surface area contributed by atoms with Crippen LogP contribution < -0.4 is 5.32 Å². The number of ether oxygens (including phenoxy) is 1. The molecule has 2 N–H and O–H groups in total. The third-order valence-electron chi connectivity index (χ3n) is 6.85. The number of carbonyl (C=O) groups is 1. The average molecular weight is 626 g/mol. The Balaban J connectivity index is 0.00000507. The molecule has 1 unspecified atom stereocenters. The number of rotatable bonds is 14. The van der Waals surface area contributed by atoms with Crippen molar-refractivity contribution in [3.8, 4) is 5.75 Å². The number of halogens is 2. The number of nitrogens with one attached hydrogen (secondary N) is 1. The second-order valence-corrected chi connectivity index (χ2v) is 11.7. The number of aromatic hydroxyl groups is 1. The molecule has 0 fully saturated rings. The molecule has 2 aromatic carbocycles. The second-order valence-electron chi connectivity index (χ2n) is 9.77. The highest BCUT2D eigenvalue weighted by molar-refractivity contribution is 9.10. The van der Waals surface area contributed by atoms with Crippen LogP contribution in [0.5, 0.6) is 5.75 Å². The summed E-state index contributed by atoms with van der Waals surface area (Å²) in [6.07, 6.45) is 7.35. The van der Waals surface area contributed by atoms with Crippen molar-refractivity contribution in [3.05, 3.63) is 57.2 Å². The lowest BCUT2D eigenvalue weighted by molar-refractivity contribution is 0.0527. The summed E-state index contributed by atoms with van der Waals surface area (Å²) >= 11 is 5.24. The fourth-order valence-corrected chi connectivity index (χ4v) is 6.27. The normalized spacial score (nSPS) is 11.9. The number of aryl methyl sites for hydroxylation is 2. The first-order valence-electron chi connectivity index (χ1n) is 13.4. The number of fused-ring (bicyclic) bond motifs is 1. The fourth-order valence-electron chi connectivity index (χ4n) is 4.73. The van der Waals surface area contributed by atoms with E-state index in [9.17, 15) is 9.90 Å². The maximum Gasteiger partial charge on any atom is 0.340 e. The first-order chi connectivity index (χ1) is 17.8. The first-order valence-corrected chi connectivity index (χ1v) is 15.2. The molecule has 1 atom stereocenters. The van der Waals surface area contributed by atoms with Gasteiger partial charge in [0.05, 0.1) is 22.2 Å². The number of esters is 1. The summed E-state index contributed by atoms with van der Waals surface area (Å²) in [5.74, 6) is 0.436. The Hall–Kier alpha value is -1.67. The molecule has 0 radical (unpaired) electrons. The van der Waals surface area contributed by atoms with Gasteiger partial charge in [-0.25, -0.2) is 4.79 Å². The molecular weight excluding hydrogens is 584 g/mol. The Labute approximate surface area is 246 Å². The van der Waals surface area contributed by atoms with Gasteiger partial charge in [0.25, 0.3) is 0 Å². The van der Waals surface area contributed by atoms with Crippen molar-refractivity contribution >= 4 is 57.0 Å². The summed E-state index contributed by atoms with van der Waals surface area (Å²) in [5.41, 5.74) is 4.27. The lowest BCUT2D eigenvalue weighted by Crippen LogP contribution is -2.25. The number of unbranched alkanes of at least 4 members (excludes halogenated alkanes) is 4. The number of benzene rings is 2. The Morgan fingerprint density at radius 2 is 1.92 bits per heavy atom. The van der Waals surface area contributed by atoms with Gasteiger partial charge in [-0.05, 0) is 61.3 Å². The third-order valence-corrected chi connectivity index (χ3v) is 8.46. The maximum absolute atomic E-state index is 13.3.